The summed E-state index contributed by atoms with van der Waals surface area (Å²) < 4.78 is 2.43. The minimum atomic E-state index is 0.659. The Bertz CT molecular complexity index is 389. The lowest BCUT2D eigenvalue weighted by atomic mass is 9.82. The van der Waals surface area contributed by atoms with Crippen molar-refractivity contribution in [2.75, 3.05) is 0 Å². The monoisotopic (exact) mass is 297 g/mol. The van der Waals surface area contributed by atoms with E-state index >= 15 is 0 Å². The van der Waals surface area contributed by atoms with Gasteiger partial charge in [0.15, 0.2) is 0 Å². The Morgan fingerprint density at radius 2 is 1.82 bits per heavy atom. The number of alkyl halides is 1. The average Bonchev–Trinajstić information content (AvgIpc) is 3.10. The molecule has 0 radical (unpaired) electrons. The molecule has 2 aliphatic carbocycles. The molecule has 2 aliphatic rings. The summed E-state index contributed by atoms with van der Waals surface area (Å²) in [6.07, 6.45) is 7.93. The molecule has 0 saturated heterocycles. The SMILES string of the molecule is CC1CCC(c2nnc(CBr)n2C2CC2)CC1. The third-order valence-electron chi connectivity index (χ3n) is 4.21. The lowest BCUT2D eigenvalue weighted by molar-refractivity contribution is 0.333. The highest BCUT2D eigenvalue weighted by atomic mass is 79.9. The van der Waals surface area contributed by atoms with Crippen molar-refractivity contribution < 1.29 is 0 Å². The molecule has 2 fully saturated rings. The zero-order chi connectivity index (χ0) is 11.8. The molecule has 3 nitrogen and oxygen atoms in total. The van der Waals surface area contributed by atoms with Crippen LogP contribution in [0.25, 0.3) is 0 Å². The third kappa shape index (κ3) is 2.28. The largest absolute Gasteiger partial charge is 0.311 e. The lowest BCUT2D eigenvalue weighted by Gasteiger charge is -2.26. The van der Waals surface area contributed by atoms with Gasteiger partial charge in [-0.25, -0.2) is 0 Å². The van der Waals surface area contributed by atoms with Crippen LogP contribution in [0.5, 0.6) is 0 Å². The number of nitrogens with zero attached hydrogens (tertiary/aromatic N) is 3. The van der Waals surface area contributed by atoms with Crippen LogP contribution in [0, 0.1) is 5.92 Å². The van der Waals surface area contributed by atoms with E-state index in [0.717, 1.165) is 17.1 Å². The minimum Gasteiger partial charge on any atom is -0.311 e. The predicted molar refractivity (Wildman–Crippen MR) is 71.3 cm³/mol. The van der Waals surface area contributed by atoms with Crippen molar-refractivity contribution in [2.24, 2.45) is 5.92 Å². The molecule has 1 heterocycles. The van der Waals surface area contributed by atoms with Crippen molar-refractivity contribution in [1.29, 1.82) is 0 Å². The second-order valence-electron chi connectivity index (χ2n) is 5.67. The average molecular weight is 298 g/mol. The number of hydrogen-bond donors (Lipinski definition) is 0. The molecule has 0 bridgehead atoms. The van der Waals surface area contributed by atoms with Crippen molar-refractivity contribution >= 4 is 15.9 Å². The summed E-state index contributed by atoms with van der Waals surface area (Å²) in [5.74, 6) is 3.96. The molecule has 0 atom stereocenters. The van der Waals surface area contributed by atoms with Crippen LogP contribution in [0.3, 0.4) is 0 Å². The van der Waals surface area contributed by atoms with Gasteiger partial charge in [0, 0.05) is 12.0 Å². The van der Waals surface area contributed by atoms with Gasteiger partial charge in [0.1, 0.15) is 11.6 Å². The Labute approximate surface area is 111 Å². The molecule has 1 aromatic rings. The normalized spacial score (nSPS) is 29.5. The highest BCUT2D eigenvalue weighted by molar-refractivity contribution is 9.08. The van der Waals surface area contributed by atoms with Crippen LogP contribution in [0.2, 0.25) is 0 Å². The van der Waals surface area contributed by atoms with Crippen LogP contribution in [-0.2, 0) is 5.33 Å². The lowest BCUT2D eigenvalue weighted by Crippen LogP contribution is -2.16. The van der Waals surface area contributed by atoms with Crippen molar-refractivity contribution in [1.82, 2.24) is 14.8 Å². The van der Waals surface area contributed by atoms with Crippen molar-refractivity contribution in [3.63, 3.8) is 0 Å². The summed E-state index contributed by atoms with van der Waals surface area (Å²) >= 11 is 3.53. The van der Waals surface area contributed by atoms with Crippen molar-refractivity contribution in [3.8, 4) is 0 Å². The Morgan fingerprint density at radius 1 is 1.12 bits per heavy atom. The first-order valence-corrected chi connectivity index (χ1v) is 7.91. The summed E-state index contributed by atoms with van der Waals surface area (Å²) in [7, 11) is 0. The van der Waals surface area contributed by atoms with Crippen LogP contribution in [0.1, 0.15) is 69.1 Å². The Hall–Kier alpha value is -0.380. The molecule has 0 N–H and O–H groups in total. The van der Waals surface area contributed by atoms with Crippen LogP contribution in [0.15, 0.2) is 0 Å². The maximum absolute atomic E-state index is 4.48. The fourth-order valence-electron chi connectivity index (χ4n) is 2.96. The summed E-state index contributed by atoms with van der Waals surface area (Å²) in [5.41, 5.74) is 0. The van der Waals surface area contributed by atoms with E-state index in [1.165, 1.54) is 44.3 Å². The van der Waals surface area contributed by atoms with Gasteiger partial charge in [-0.15, -0.1) is 10.2 Å². The van der Waals surface area contributed by atoms with E-state index in [0.29, 0.717) is 12.0 Å². The molecule has 0 spiro atoms. The van der Waals surface area contributed by atoms with Crippen LogP contribution >= 0.6 is 15.9 Å². The molecule has 0 aromatic carbocycles. The third-order valence-corrected chi connectivity index (χ3v) is 4.71. The minimum absolute atomic E-state index is 0.659. The van der Waals surface area contributed by atoms with Gasteiger partial charge in [-0.2, -0.15) is 0 Å². The first-order valence-electron chi connectivity index (χ1n) is 6.79. The molecule has 4 heteroatoms. The smallest absolute Gasteiger partial charge is 0.143 e. The molecule has 17 heavy (non-hydrogen) atoms. The van der Waals surface area contributed by atoms with Gasteiger partial charge in [0.25, 0.3) is 0 Å². The number of aromatic nitrogens is 3. The first-order chi connectivity index (χ1) is 8.29. The fourth-order valence-corrected chi connectivity index (χ4v) is 3.34. The standard InChI is InChI=1S/C13H20BrN3/c1-9-2-4-10(5-3-9)13-16-15-12(8-14)17(13)11-6-7-11/h9-11H,2-8H2,1H3. The summed E-state index contributed by atoms with van der Waals surface area (Å²) in [5, 5.41) is 9.67. The second kappa shape index (κ2) is 4.71. The molecular weight excluding hydrogens is 278 g/mol. The zero-order valence-electron chi connectivity index (χ0n) is 10.4. The molecular formula is C13H20BrN3. The van der Waals surface area contributed by atoms with Crippen molar-refractivity contribution in [3.05, 3.63) is 11.6 Å². The van der Waals surface area contributed by atoms with Gasteiger partial charge in [0.2, 0.25) is 0 Å². The van der Waals surface area contributed by atoms with Crippen LogP contribution in [-0.4, -0.2) is 14.8 Å². The Morgan fingerprint density at radius 3 is 2.41 bits per heavy atom. The Balaban J connectivity index is 1.84. The van der Waals surface area contributed by atoms with E-state index in [1.54, 1.807) is 0 Å². The summed E-state index contributed by atoms with van der Waals surface area (Å²) in [4.78, 5) is 0. The van der Waals surface area contributed by atoms with E-state index < -0.39 is 0 Å². The van der Waals surface area contributed by atoms with E-state index in [4.69, 9.17) is 0 Å². The second-order valence-corrected chi connectivity index (χ2v) is 6.23. The van der Waals surface area contributed by atoms with E-state index in [9.17, 15) is 0 Å². The van der Waals surface area contributed by atoms with Gasteiger partial charge in [-0.05, 0) is 31.6 Å². The van der Waals surface area contributed by atoms with Crippen molar-refractivity contribution in [2.45, 2.75) is 62.7 Å². The summed E-state index contributed by atoms with van der Waals surface area (Å²) in [6, 6.07) is 0.701. The molecule has 3 rings (SSSR count). The quantitative estimate of drug-likeness (QED) is 0.795. The highest BCUT2D eigenvalue weighted by Gasteiger charge is 2.32. The van der Waals surface area contributed by atoms with E-state index in [-0.39, 0.29) is 0 Å². The number of rotatable bonds is 3. The van der Waals surface area contributed by atoms with Crippen LogP contribution < -0.4 is 0 Å². The maximum atomic E-state index is 4.48. The number of hydrogen-bond acceptors (Lipinski definition) is 2. The predicted octanol–water partition coefficient (Wildman–Crippen LogP) is 3.80. The fraction of sp³-hybridized carbons (Fsp3) is 0.846. The molecule has 0 amide bonds. The maximum Gasteiger partial charge on any atom is 0.143 e. The number of halogens is 1. The van der Waals surface area contributed by atoms with E-state index in [1.807, 2.05) is 0 Å². The Kier molecular flexibility index (Phi) is 3.24. The molecule has 0 aliphatic heterocycles. The topological polar surface area (TPSA) is 30.7 Å². The van der Waals surface area contributed by atoms with Gasteiger partial charge in [-0.1, -0.05) is 35.7 Å². The first kappa shape index (κ1) is 11.7. The zero-order valence-corrected chi connectivity index (χ0v) is 12.0. The molecule has 2 saturated carbocycles. The molecule has 94 valence electrons. The van der Waals surface area contributed by atoms with E-state index in [2.05, 4.69) is 37.6 Å². The van der Waals surface area contributed by atoms with Crippen LogP contribution in [0.4, 0.5) is 0 Å². The summed E-state index contributed by atoms with van der Waals surface area (Å²) in [6.45, 7) is 2.37. The van der Waals surface area contributed by atoms with Gasteiger partial charge in [0.05, 0.1) is 5.33 Å². The highest BCUT2D eigenvalue weighted by Crippen LogP contribution is 2.41. The van der Waals surface area contributed by atoms with Gasteiger partial charge >= 0.3 is 0 Å². The molecule has 0 unspecified atom stereocenters. The van der Waals surface area contributed by atoms with Gasteiger partial charge in [-0.3, -0.25) is 0 Å². The molecule has 1 aromatic heterocycles. The van der Waals surface area contributed by atoms with Gasteiger partial charge < -0.3 is 4.57 Å².